The van der Waals surface area contributed by atoms with Crippen molar-refractivity contribution in [3.05, 3.63) is 41.3 Å². The van der Waals surface area contributed by atoms with Gasteiger partial charge in [0, 0.05) is 37.3 Å². The van der Waals surface area contributed by atoms with Gasteiger partial charge in [0.05, 0.1) is 31.6 Å². The van der Waals surface area contributed by atoms with Crippen LogP contribution < -0.4 is 15.0 Å². The van der Waals surface area contributed by atoms with Gasteiger partial charge in [-0.1, -0.05) is 0 Å². The Hall–Kier alpha value is -2.87. The van der Waals surface area contributed by atoms with Crippen LogP contribution in [0.1, 0.15) is 30.9 Å². The molecule has 1 aromatic carbocycles. The fourth-order valence-corrected chi connectivity index (χ4v) is 4.18. The number of nitrogens with one attached hydrogen (secondary N) is 1. The molecule has 0 spiro atoms. The van der Waals surface area contributed by atoms with E-state index in [1.165, 1.54) is 0 Å². The summed E-state index contributed by atoms with van der Waals surface area (Å²) in [5.41, 5.74) is 2.82. The Balaban J connectivity index is 1.54. The zero-order valence-corrected chi connectivity index (χ0v) is 18.0. The summed E-state index contributed by atoms with van der Waals surface area (Å²) in [5.74, 6) is 2.46. The molecule has 0 bridgehead atoms. The van der Waals surface area contributed by atoms with Gasteiger partial charge >= 0.3 is 6.03 Å². The average molecular weight is 412 g/mol. The lowest BCUT2D eigenvalue weighted by Gasteiger charge is -2.38. The number of methoxy groups -OCH3 is 1. The number of carbonyl (C=O) groups excluding carboxylic acids is 1. The lowest BCUT2D eigenvalue weighted by molar-refractivity contribution is -0.00557. The van der Waals surface area contributed by atoms with Crippen LogP contribution >= 0.6 is 0 Å². The van der Waals surface area contributed by atoms with E-state index in [-0.39, 0.29) is 18.2 Å². The summed E-state index contributed by atoms with van der Waals surface area (Å²) in [4.78, 5) is 26.4. The van der Waals surface area contributed by atoms with Gasteiger partial charge in [-0.2, -0.15) is 0 Å². The summed E-state index contributed by atoms with van der Waals surface area (Å²) in [6, 6.07) is 7.21. The van der Waals surface area contributed by atoms with Crippen molar-refractivity contribution < 1.29 is 14.3 Å². The number of ether oxygens (including phenoxy) is 2. The number of morpholine rings is 1. The Labute approximate surface area is 177 Å². The first-order chi connectivity index (χ1) is 14.4. The van der Waals surface area contributed by atoms with Crippen LogP contribution in [0.4, 0.5) is 16.3 Å². The van der Waals surface area contributed by atoms with Crippen LogP contribution in [0.5, 0.6) is 5.75 Å². The van der Waals surface area contributed by atoms with Crippen LogP contribution in [-0.4, -0.2) is 59.9 Å². The molecule has 2 unspecified atom stereocenters. The van der Waals surface area contributed by atoms with Gasteiger partial charge in [-0.3, -0.25) is 0 Å². The molecule has 8 heteroatoms. The smallest absolute Gasteiger partial charge is 0.322 e. The number of anilines is 2. The van der Waals surface area contributed by atoms with E-state index in [1.54, 1.807) is 7.11 Å². The predicted octanol–water partition coefficient (Wildman–Crippen LogP) is 3.00. The normalized spacial score (nSPS) is 21.2. The molecule has 4 rings (SSSR count). The van der Waals surface area contributed by atoms with Crippen LogP contribution in [0.2, 0.25) is 0 Å². The first-order valence-electron chi connectivity index (χ1n) is 10.4. The van der Waals surface area contributed by atoms with E-state index in [0.717, 1.165) is 53.8 Å². The first kappa shape index (κ1) is 20.4. The molecule has 2 amide bonds. The van der Waals surface area contributed by atoms with E-state index in [1.807, 2.05) is 36.1 Å². The van der Waals surface area contributed by atoms with Gasteiger partial charge in [-0.25, -0.2) is 14.8 Å². The Morgan fingerprint density at radius 1 is 1.17 bits per heavy atom. The molecule has 1 N–H and O–H groups in total. The lowest BCUT2D eigenvalue weighted by Crippen LogP contribution is -2.47. The van der Waals surface area contributed by atoms with E-state index >= 15 is 0 Å². The van der Waals surface area contributed by atoms with Crippen molar-refractivity contribution >= 4 is 17.5 Å². The van der Waals surface area contributed by atoms with E-state index in [9.17, 15) is 4.79 Å². The SMILES string of the molecule is COc1ccc(NC(=O)N2CCc3nc(C)nc(N4CC(C)OC(C)C4)c3C2)cc1. The van der Waals surface area contributed by atoms with Crippen molar-refractivity contribution in [1.29, 1.82) is 0 Å². The second kappa shape index (κ2) is 8.47. The maximum absolute atomic E-state index is 12.9. The Kier molecular flexibility index (Phi) is 5.76. The number of fused-ring (bicyclic) bond motifs is 1. The summed E-state index contributed by atoms with van der Waals surface area (Å²) in [5, 5.41) is 2.98. The van der Waals surface area contributed by atoms with Gasteiger partial charge in [0.1, 0.15) is 17.4 Å². The number of aryl methyl sites for hydroxylation is 1. The highest BCUT2D eigenvalue weighted by Crippen LogP contribution is 2.29. The van der Waals surface area contributed by atoms with E-state index < -0.39 is 0 Å². The molecule has 1 aromatic heterocycles. The lowest BCUT2D eigenvalue weighted by atomic mass is 10.0. The maximum Gasteiger partial charge on any atom is 0.322 e. The number of nitrogens with zero attached hydrogens (tertiary/aromatic N) is 4. The van der Waals surface area contributed by atoms with Gasteiger partial charge in [0.2, 0.25) is 0 Å². The molecule has 8 nitrogen and oxygen atoms in total. The Bertz CT molecular complexity index is 908. The second-order valence-corrected chi connectivity index (χ2v) is 8.01. The minimum Gasteiger partial charge on any atom is -0.497 e. The predicted molar refractivity (Wildman–Crippen MR) is 115 cm³/mol. The van der Waals surface area contributed by atoms with Crippen molar-refractivity contribution in [3.63, 3.8) is 0 Å². The molecule has 2 aliphatic heterocycles. The molecule has 1 fully saturated rings. The minimum atomic E-state index is -0.124. The van der Waals surface area contributed by atoms with Crippen LogP contribution in [0.15, 0.2) is 24.3 Å². The molecular weight excluding hydrogens is 382 g/mol. The molecule has 160 valence electrons. The zero-order chi connectivity index (χ0) is 21.3. The fraction of sp³-hybridized carbons (Fsp3) is 0.500. The molecule has 2 aromatic rings. The molecule has 30 heavy (non-hydrogen) atoms. The van der Waals surface area contributed by atoms with Gasteiger partial charge in [0.25, 0.3) is 0 Å². The fourth-order valence-electron chi connectivity index (χ4n) is 4.18. The number of urea groups is 1. The van der Waals surface area contributed by atoms with Crippen LogP contribution in [0.25, 0.3) is 0 Å². The maximum atomic E-state index is 12.9. The Morgan fingerprint density at radius 2 is 1.87 bits per heavy atom. The number of hydrogen-bond donors (Lipinski definition) is 1. The molecular formula is C22H29N5O3. The average Bonchev–Trinajstić information content (AvgIpc) is 2.72. The topological polar surface area (TPSA) is 79.8 Å². The van der Waals surface area contributed by atoms with E-state index in [4.69, 9.17) is 14.5 Å². The molecule has 0 saturated carbocycles. The van der Waals surface area contributed by atoms with E-state index in [2.05, 4.69) is 29.0 Å². The van der Waals surface area contributed by atoms with Gasteiger partial charge < -0.3 is 24.6 Å². The minimum absolute atomic E-state index is 0.124. The molecule has 0 aliphatic carbocycles. The third-order valence-corrected chi connectivity index (χ3v) is 5.50. The zero-order valence-electron chi connectivity index (χ0n) is 18.0. The van der Waals surface area contributed by atoms with Crippen molar-refractivity contribution in [2.24, 2.45) is 0 Å². The number of hydrogen-bond acceptors (Lipinski definition) is 6. The van der Waals surface area contributed by atoms with Gasteiger partial charge in [0.15, 0.2) is 0 Å². The highest BCUT2D eigenvalue weighted by molar-refractivity contribution is 5.89. The van der Waals surface area contributed by atoms with Gasteiger partial charge in [-0.05, 0) is 45.0 Å². The van der Waals surface area contributed by atoms with Crippen molar-refractivity contribution in [3.8, 4) is 5.75 Å². The molecule has 1 saturated heterocycles. The Morgan fingerprint density at radius 3 is 2.53 bits per heavy atom. The highest BCUT2D eigenvalue weighted by Gasteiger charge is 2.30. The van der Waals surface area contributed by atoms with E-state index in [0.29, 0.717) is 13.1 Å². The number of carbonyl (C=O) groups is 1. The van der Waals surface area contributed by atoms with Crippen LogP contribution in [0.3, 0.4) is 0 Å². The quantitative estimate of drug-likeness (QED) is 0.836. The summed E-state index contributed by atoms with van der Waals surface area (Å²) >= 11 is 0. The monoisotopic (exact) mass is 411 g/mol. The third-order valence-electron chi connectivity index (χ3n) is 5.50. The molecule has 2 atom stereocenters. The summed E-state index contributed by atoms with van der Waals surface area (Å²) in [6.45, 7) is 8.78. The van der Waals surface area contributed by atoms with Gasteiger partial charge in [-0.15, -0.1) is 0 Å². The van der Waals surface area contributed by atoms with Crippen molar-refractivity contribution in [2.75, 3.05) is 37.0 Å². The number of aromatic nitrogens is 2. The number of benzene rings is 1. The number of amides is 2. The standard InChI is InChI=1S/C22H29N5O3/c1-14-11-27(12-15(2)30-14)21-19-13-26(10-9-20(19)23-16(3)24-21)22(28)25-17-5-7-18(29-4)8-6-17/h5-8,14-15H,9-13H2,1-4H3,(H,25,28). The molecule has 2 aliphatic rings. The highest BCUT2D eigenvalue weighted by atomic mass is 16.5. The van der Waals surface area contributed by atoms with Crippen molar-refractivity contribution in [2.45, 2.75) is 45.9 Å². The first-order valence-corrected chi connectivity index (χ1v) is 10.4. The third kappa shape index (κ3) is 4.33. The molecule has 0 radical (unpaired) electrons. The van der Waals surface area contributed by atoms with Crippen LogP contribution in [-0.2, 0) is 17.7 Å². The number of rotatable bonds is 3. The second-order valence-electron chi connectivity index (χ2n) is 8.01. The summed E-state index contributed by atoms with van der Waals surface area (Å²) in [7, 11) is 1.62. The van der Waals surface area contributed by atoms with Crippen molar-refractivity contribution in [1.82, 2.24) is 14.9 Å². The van der Waals surface area contributed by atoms with Crippen LogP contribution in [0, 0.1) is 6.92 Å². The molecule has 3 heterocycles. The summed E-state index contributed by atoms with van der Waals surface area (Å²) in [6.07, 6.45) is 0.993. The summed E-state index contributed by atoms with van der Waals surface area (Å²) < 4.78 is 11.1. The largest absolute Gasteiger partial charge is 0.497 e.